The van der Waals surface area contributed by atoms with E-state index in [9.17, 15) is 4.79 Å². The molecule has 0 spiro atoms. The molecule has 1 aliphatic rings. The zero-order valence-electron chi connectivity index (χ0n) is 17.2. The maximum absolute atomic E-state index is 12.1. The second-order valence-corrected chi connectivity index (χ2v) is 7.97. The second kappa shape index (κ2) is 9.78. The number of anilines is 2. The van der Waals surface area contributed by atoms with Crippen LogP contribution in [0.25, 0.3) is 0 Å². The van der Waals surface area contributed by atoms with Crippen molar-refractivity contribution in [1.29, 1.82) is 10.7 Å². The summed E-state index contributed by atoms with van der Waals surface area (Å²) >= 11 is 0. The molecule has 0 aromatic heterocycles. The number of nitrogens with zero attached hydrogens (tertiary/aromatic N) is 3. The Morgan fingerprint density at radius 3 is 2.41 bits per heavy atom. The normalized spacial score (nSPS) is 15.4. The number of nitrogens with one attached hydrogen (secondary N) is 3. The average Bonchev–Trinajstić information content (AvgIpc) is 2.66. The van der Waals surface area contributed by atoms with Gasteiger partial charge in [-0.25, -0.2) is 4.79 Å². The summed E-state index contributed by atoms with van der Waals surface area (Å²) in [6.45, 7) is 7.87. The lowest BCUT2D eigenvalue weighted by Crippen LogP contribution is -2.42. The molecule has 0 atom stereocenters. The van der Waals surface area contributed by atoms with Gasteiger partial charge >= 0.3 is 6.09 Å². The summed E-state index contributed by atoms with van der Waals surface area (Å²) < 4.78 is 5.43. The maximum atomic E-state index is 12.1. The molecule has 1 aromatic rings. The Morgan fingerprint density at radius 2 is 1.90 bits per heavy atom. The van der Waals surface area contributed by atoms with E-state index in [4.69, 9.17) is 21.1 Å². The van der Waals surface area contributed by atoms with Gasteiger partial charge in [-0.15, -0.1) is 0 Å². The molecule has 0 radical (unpaired) electrons. The number of amides is 1. The van der Waals surface area contributed by atoms with Crippen LogP contribution in [0.1, 0.15) is 33.6 Å². The molecule has 9 heteroatoms. The predicted octanol–water partition coefficient (Wildman–Crippen LogP) is 2.97. The lowest BCUT2D eigenvalue weighted by Gasteiger charge is -2.33. The first-order valence-corrected chi connectivity index (χ1v) is 9.58. The molecule has 1 fully saturated rings. The van der Waals surface area contributed by atoms with Gasteiger partial charge in [-0.2, -0.15) is 10.4 Å². The van der Waals surface area contributed by atoms with E-state index in [0.717, 1.165) is 25.1 Å². The predicted molar refractivity (Wildman–Crippen MR) is 114 cm³/mol. The number of carbonyl (C=O) groups excluding carboxylic acids is 1. The monoisotopic (exact) mass is 399 g/mol. The van der Waals surface area contributed by atoms with E-state index in [2.05, 4.69) is 15.8 Å². The molecule has 1 aromatic carbocycles. The molecule has 0 saturated carbocycles. The van der Waals surface area contributed by atoms with Crippen LogP contribution in [0.4, 0.5) is 16.2 Å². The van der Waals surface area contributed by atoms with Crippen LogP contribution in [-0.4, -0.2) is 47.8 Å². The van der Waals surface area contributed by atoms with Crippen LogP contribution in [0.5, 0.6) is 0 Å². The molecule has 29 heavy (non-hydrogen) atoms. The van der Waals surface area contributed by atoms with Crippen LogP contribution >= 0.6 is 0 Å². The highest BCUT2D eigenvalue weighted by molar-refractivity contribution is 6.45. The van der Waals surface area contributed by atoms with Crippen LogP contribution in [0.3, 0.4) is 0 Å². The number of nitriles is 1. The Kier molecular flexibility index (Phi) is 7.42. The van der Waals surface area contributed by atoms with Crippen LogP contribution < -0.4 is 16.5 Å². The molecule has 0 bridgehead atoms. The first-order valence-electron chi connectivity index (χ1n) is 9.58. The molecule has 2 rings (SSSR count). The van der Waals surface area contributed by atoms with E-state index < -0.39 is 5.60 Å². The Hall–Kier alpha value is -3.28. The Labute approximate surface area is 171 Å². The summed E-state index contributed by atoms with van der Waals surface area (Å²) in [6.07, 6.45) is 1.63. The van der Waals surface area contributed by atoms with E-state index >= 15 is 0 Å². The third-order valence-corrected chi connectivity index (χ3v) is 4.40. The second-order valence-electron chi connectivity index (χ2n) is 7.97. The summed E-state index contributed by atoms with van der Waals surface area (Å²) in [5.41, 5.74) is 8.99. The Morgan fingerprint density at radius 1 is 1.31 bits per heavy atom. The summed E-state index contributed by atoms with van der Waals surface area (Å²) in [5, 5.41) is 23.3. The van der Waals surface area contributed by atoms with Crippen molar-refractivity contribution in [2.75, 3.05) is 30.4 Å². The van der Waals surface area contributed by atoms with Gasteiger partial charge in [0.05, 0.1) is 5.69 Å². The molecule has 1 saturated heterocycles. The minimum atomic E-state index is -0.468. The van der Waals surface area contributed by atoms with Gasteiger partial charge in [0.25, 0.3) is 0 Å². The topological polar surface area (TPSA) is 140 Å². The van der Waals surface area contributed by atoms with Crippen LogP contribution in [-0.2, 0) is 4.74 Å². The minimum Gasteiger partial charge on any atom is -0.444 e. The van der Waals surface area contributed by atoms with E-state index in [1.54, 1.807) is 11.0 Å². The Balaban J connectivity index is 1.76. The number of hydrazone groups is 1. The smallest absolute Gasteiger partial charge is 0.410 e. The largest absolute Gasteiger partial charge is 0.444 e. The molecule has 5 N–H and O–H groups in total. The lowest BCUT2D eigenvalue weighted by molar-refractivity contribution is 0.0188. The fourth-order valence-corrected chi connectivity index (χ4v) is 2.84. The van der Waals surface area contributed by atoms with Crippen LogP contribution in [0.15, 0.2) is 29.4 Å². The third-order valence-electron chi connectivity index (χ3n) is 4.40. The maximum Gasteiger partial charge on any atom is 0.410 e. The average molecular weight is 399 g/mol. The molecule has 156 valence electrons. The zero-order chi connectivity index (χ0) is 21.4. The summed E-state index contributed by atoms with van der Waals surface area (Å²) in [7, 11) is 0. The molecule has 1 amide bonds. The number of benzene rings is 1. The number of likely N-dealkylation sites (tertiary alicyclic amines) is 1. The van der Waals surface area contributed by atoms with E-state index in [1.807, 2.05) is 45.0 Å². The van der Waals surface area contributed by atoms with Gasteiger partial charge in [0.15, 0.2) is 5.84 Å². The first kappa shape index (κ1) is 22.0. The van der Waals surface area contributed by atoms with Gasteiger partial charge in [0, 0.05) is 25.3 Å². The van der Waals surface area contributed by atoms with Gasteiger partial charge in [0.1, 0.15) is 11.7 Å². The van der Waals surface area contributed by atoms with E-state index in [1.165, 1.54) is 0 Å². The van der Waals surface area contributed by atoms with Crippen LogP contribution in [0, 0.1) is 22.7 Å². The molecule has 0 unspecified atom stereocenters. The lowest BCUT2D eigenvalue weighted by atomic mass is 9.97. The van der Waals surface area contributed by atoms with Crippen LogP contribution in [0.2, 0.25) is 0 Å². The van der Waals surface area contributed by atoms with E-state index in [0.29, 0.717) is 24.7 Å². The van der Waals surface area contributed by atoms with Crippen molar-refractivity contribution in [3.63, 3.8) is 0 Å². The molecular formula is C20H29N7O2. The van der Waals surface area contributed by atoms with Crippen molar-refractivity contribution in [1.82, 2.24) is 4.90 Å². The van der Waals surface area contributed by atoms with Crippen molar-refractivity contribution in [2.45, 2.75) is 39.2 Å². The van der Waals surface area contributed by atoms with Gasteiger partial charge in [0.2, 0.25) is 5.71 Å². The molecule has 0 aliphatic carbocycles. The van der Waals surface area contributed by atoms with Crippen molar-refractivity contribution < 1.29 is 9.53 Å². The number of rotatable bonds is 6. The zero-order valence-corrected chi connectivity index (χ0v) is 17.2. The number of hydrogen-bond acceptors (Lipinski definition) is 7. The molecule has 9 nitrogen and oxygen atoms in total. The standard InChI is InChI=1S/C20H29N7O2/c1-20(2,3)29-19(28)27-10-8-14(9-11-27)13-24-15-4-6-16(7-5-15)25-26-17(12-21)18(22)23/h4-7,14,24-25H,8-11,13H2,1-3H3,(H3,22,23)/b26-17+. The highest BCUT2D eigenvalue weighted by Gasteiger charge is 2.26. The van der Waals surface area contributed by atoms with Crippen molar-refractivity contribution in [3.8, 4) is 6.07 Å². The highest BCUT2D eigenvalue weighted by Crippen LogP contribution is 2.21. The Bertz CT molecular complexity index is 783. The molecular weight excluding hydrogens is 370 g/mol. The highest BCUT2D eigenvalue weighted by atomic mass is 16.6. The number of nitrogens with two attached hydrogens (primary N) is 1. The van der Waals surface area contributed by atoms with Gasteiger partial charge < -0.3 is 20.7 Å². The van der Waals surface area contributed by atoms with E-state index in [-0.39, 0.29) is 17.6 Å². The minimum absolute atomic E-state index is 0.162. The SMILES string of the molecule is CC(C)(C)OC(=O)N1CCC(CNc2ccc(N/N=C(\C#N)C(=N)N)cc2)CC1. The fraction of sp³-hybridized carbons (Fsp3) is 0.500. The number of carbonyl (C=O) groups is 1. The first-order chi connectivity index (χ1) is 13.7. The van der Waals surface area contributed by atoms with Gasteiger partial charge in [-0.05, 0) is 63.8 Å². The van der Waals surface area contributed by atoms with Crippen molar-refractivity contribution >= 4 is 29.0 Å². The van der Waals surface area contributed by atoms with Crippen molar-refractivity contribution in [3.05, 3.63) is 24.3 Å². The summed E-state index contributed by atoms with van der Waals surface area (Å²) in [5.74, 6) is 0.112. The van der Waals surface area contributed by atoms with Gasteiger partial charge in [-0.3, -0.25) is 10.8 Å². The molecule has 1 aliphatic heterocycles. The van der Waals surface area contributed by atoms with Gasteiger partial charge in [-0.1, -0.05) is 0 Å². The quantitative estimate of drug-likeness (QED) is 0.329. The number of hydrogen-bond donors (Lipinski definition) is 4. The van der Waals surface area contributed by atoms with Crippen molar-refractivity contribution in [2.24, 2.45) is 16.8 Å². The third kappa shape index (κ3) is 7.33. The number of piperidine rings is 1. The number of amidine groups is 1. The summed E-state index contributed by atoms with van der Waals surface area (Å²) in [4.78, 5) is 13.9. The summed E-state index contributed by atoms with van der Waals surface area (Å²) in [6, 6.07) is 9.23. The fourth-order valence-electron chi connectivity index (χ4n) is 2.84. The molecule has 1 heterocycles. The number of ether oxygens (including phenoxy) is 1.